The van der Waals surface area contributed by atoms with Crippen LogP contribution in [0.1, 0.15) is 11.1 Å². The van der Waals surface area contributed by atoms with Crippen molar-refractivity contribution in [3.63, 3.8) is 0 Å². The summed E-state index contributed by atoms with van der Waals surface area (Å²) in [6.45, 7) is 0.191. The first-order chi connectivity index (χ1) is 12.9. The molecule has 2 aromatic rings. The van der Waals surface area contributed by atoms with E-state index in [1.807, 2.05) is 0 Å². The van der Waals surface area contributed by atoms with Gasteiger partial charge in [-0.3, -0.25) is 0 Å². The van der Waals surface area contributed by atoms with Crippen LogP contribution in [0.25, 0.3) is 0 Å². The minimum Gasteiger partial charge on any atom is -0.504 e. The van der Waals surface area contributed by atoms with Crippen molar-refractivity contribution in [2.45, 2.75) is 24.7 Å². The molecule has 0 spiro atoms. The molecule has 3 atom stereocenters. The zero-order chi connectivity index (χ0) is 19.6. The number of ether oxygens (including phenoxy) is 3. The molecule has 27 heavy (non-hydrogen) atoms. The van der Waals surface area contributed by atoms with Crippen molar-refractivity contribution in [3.8, 4) is 23.0 Å². The third-order valence-corrected chi connectivity index (χ3v) is 5.05. The van der Waals surface area contributed by atoms with Gasteiger partial charge in [0.15, 0.2) is 29.3 Å². The predicted octanol–water partition coefficient (Wildman–Crippen LogP) is 1.60. The lowest BCUT2D eigenvalue weighted by Gasteiger charge is -2.31. The smallest absolute Gasteiger partial charge is 0.184 e. The van der Waals surface area contributed by atoms with Gasteiger partial charge in [0.25, 0.3) is 0 Å². The van der Waals surface area contributed by atoms with E-state index in [9.17, 15) is 20.4 Å². The molecule has 3 rings (SSSR count). The van der Waals surface area contributed by atoms with Crippen molar-refractivity contribution in [1.29, 1.82) is 0 Å². The van der Waals surface area contributed by atoms with Crippen molar-refractivity contribution in [1.82, 2.24) is 0 Å². The predicted molar refractivity (Wildman–Crippen MR) is 97.1 cm³/mol. The molecule has 1 heterocycles. The van der Waals surface area contributed by atoms with Crippen LogP contribution >= 0.6 is 0 Å². The summed E-state index contributed by atoms with van der Waals surface area (Å²) in [6, 6.07) is 9.75. The second-order valence-electron chi connectivity index (χ2n) is 6.77. The molecule has 2 aromatic carbocycles. The number of aromatic hydroxyl groups is 2. The Balaban J connectivity index is 1.83. The van der Waals surface area contributed by atoms with Crippen molar-refractivity contribution >= 4 is 0 Å². The number of rotatable bonds is 6. The van der Waals surface area contributed by atoms with Crippen molar-refractivity contribution in [3.05, 3.63) is 47.5 Å². The van der Waals surface area contributed by atoms with Crippen molar-refractivity contribution < 1.29 is 34.6 Å². The molecular formula is C20H24O7. The lowest BCUT2D eigenvalue weighted by molar-refractivity contribution is -0.163. The van der Waals surface area contributed by atoms with Crippen LogP contribution in [0.4, 0.5) is 0 Å². The molecule has 7 heteroatoms. The third kappa shape index (κ3) is 3.80. The van der Waals surface area contributed by atoms with Crippen molar-refractivity contribution in [2.75, 3.05) is 20.8 Å². The molecule has 0 aliphatic carbocycles. The average Bonchev–Trinajstić information content (AvgIpc) is 2.92. The highest BCUT2D eigenvalue weighted by Gasteiger charge is 2.49. The fourth-order valence-corrected chi connectivity index (χ4v) is 3.46. The van der Waals surface area contributed by atoms with E-state index >= 15 is 0 Å². The van der Waals surface area contributed by atoms with Gasteiger partial charge in [0.05, 0.1) is 20.8 Å². The van der Waals surface area contributed by atoms with E-state index in [1.54, 1.807) is 24.3 Å². The van der Waals surface area contributed by atoms with E-state index in [-0.39, 0.29) is 30.4 Å². The second kappa shape index (κ2) is 7.64. The zero-order valence-corrected chi connectivity index (χ0v) is 15.3. The Labute approximate surface area is 157 Å². The van der Waals surface area contributed by atoms with Gasteiger partial charge in [0, 0.05) is 12.3 Å². The molecule has 146 valence electrons. The SMILES string of the molecule is COc1cc(CC2COC(O)C2(O)Cc2ccc(O)c(OC)c2)ccc1O. The van der Waals surface area contributed by atoms with Crippen molar-refractivity contribution in [2.24, 2.45) is 5.92 Å². The Hall–Kier alpha value is -2.48. The highest BCUT2D eigenvalue weighted by Crippen LogP contribution is 2.38. The largest absolute Gasteiger partial charge is 0.504 e. The van der Waals surface area contributed by atoms with Gasteiger partial charge in [-0.15, -0.1) is 0 Å². The Morgan fingerprint density at radius 3 is 2.15 bits per heavy atom. The number of hydrogen-bond acceptors (Lipinski definition) is 7. The maximum Gasteiger partial charge on any atom is 0.184 e. The van der Waals surface area contributed by atoms with E-state index in [0.29, 0.717) is 23.5 Å². The molecule has 0 saturated carbocycles. The second-order valence-corrected chi connectivity index (χ2v) is 6.77. The van der Waals surface area contributed by atoms with Crippen LogP contribution in [-0.4, -0.2) is 53.1 Å². The molecule has 0 aromatic heterocycles. The first-order valence-electron chi connectivity index (χ1n) is 8.61. The summed E-state index contributed by atoms with van der Waals surface area (Å²) in [6.07, 6.45) is -0.772. The van der Waals surface area contributed by atoms with E-state index in [2.05, 4.69) is 0 Å². The summed E-state index contributed by atoms with van der Waals surface area (Å²) in [5.41, 5.74) is 0.0339. The van der Waals surface area contributed by atoms with Gasteiger partial charge >= 0.3 is 0 Å². The summed E-state index contributed by atoms with van der Waals surface area (Å²) < 4.78 is 15.6. The van der Waals surface area contributed by atoms with Crippen LogP contribution in [0.5, 0.6) is 23.0 Å². The minimum absolute atomic E-state index is 0.00389. The zero-order valence-electron chi connectivity index (χ0n) is 15.3. The summed E-state index contributed by atoms with van der Waals surface area (Å²) in [5, 5.41) is 40.9. The lowest BCUT2D eigenvalue weighted by atomic mass is 9.80. The first-order valence-corrected chi connectivity index (χ1v) is 8.61. The Morgan fingerprint density at radius 1 is 1.00 bits per heavy atom. The van der Waals surface area contributed by atoms with Crippen LogP contribution in [0, 0.1) is 5.92 Å². The van der Waals surface area contributed by atoms with Gasteiger partial charge in [-0.25, -0.2) is 0 Å². The summed E-state index contributed by atoms with van der Waals surface area (Å²) >= 11 is 0. The van der Waals surface area contributed by atoms with Crippen LogP contribution < -0.4 is 9.47 Å². The fraction of sp³-hybridized carbons (Fsp3) is 0.400. The molecule has 3 unspecified atom stereocenters. The van der Waals surface area contributed by atoms with Gasteiger partial charge in [-0.1, -0.05) is 12.1 Å². The monoisotopic (exact) mass is 376 g/mol. The first kappa shape index (κ1) is 19.3. The molecule has 1 aliphatic heterocycles. The summed E-state index contributed by atoms with van der Waals surface area (Å²) in [4.78, 5) is 0. The van der Waals surface area contributed by atoms with E-state index < -0.39 is 11.9 Å². The molecule has 0 amide bonds. The topological polar surface area (TPSA) is 109 Å². The normalized spacial score (nSPS) is 24.7. The number of phenols is 2. The van der Waals surface area contributed by atoms with E-state index in [0.717, 1.165) is 5.56 Å². The highest BCUT2D eigenvalue weighted by molar-refractivity contribution is 5.43. The molecular weight excluding hydrogens is 352 g/mol. The van der Waals surface area contributed by atoms with Gasteiger partial charge in [-0.05, 0) is 41.8 Å². The van der Waals surface area contributed by atoms with Crippen LogP contribution in [-0.2, 0) is 17.6 Å². The van der Waals surface area contributed by atoms with Gasteiger partial charge in [0.2, 0.25) is 0 Å². The lowest BCUT2D eigenvalue weighted by Crippen LogP contribution is -2.46. The number of aliphatic hydroxyl groups is 2. The third-order valence-electron chi connectivity index (χ3n) is 5.05. The standard InChI is InChI=1S/C20H24O7/c1-25-17-8-12(3-5-15(17)21)7-14-11-27-19(23)20(14,24)10-13-4-6-16(22)18(9-13)26-2/h3-6,8-9,14,19,21-24H,7,10-11H2,1-2H3. The molecule has 1 fully saturated rings. The number of benzene rings is 2. The van der Waals surface area contributed by atoms with E-state index in [1.165, 1.54) is 26.4 Å². The molecule has 0 bridgehead atoms. The maximum absolute atomic E-state index is 11.2. The van der Waals surface area contributed by atoms with Crippen LogP contribution in [0.2, 0.25) is 0 Å². The quantitative estimate of drug-likeness (QED) is 0.606. The average molecular weight is 376 g/mol. The summed E-state index contributed by atoms with van der Waals surface area (Å²) in [5.74, 6) is 0.309. The number of aliphatic hydroxyl groups excluding tert-OH is 1. The van der Waals surface area contributed by atoms with Gasteiger partial charge in [-0.2, -0.15) is 0 Å². The molecule has 7 nitrogen and oxygen atoms in total. The molecule has 1 aliphatic rings. The number of hydrogen-bond donors (Lipinski definition) is 4. The molecule has 4 N–H and O–H groups in total. The highest BCUT2D eigenvalue weighted by atomic mass is 16.6. The Bertz CT molecular complexity index is 807. The minimum atomic E-state index is -1.51. The fourth-order valence-electron chi connectivity index (χ4n) is 3.46. The van der Waals surface area contributed by atoms with Crippen LogP contribution in [0.15, 0.2) is 36.4 Å². The Morgan fingerprint density at radius 2 is 1.56 bits per heavy atom. The van der Waals surface area contributed by atoms with Gasteiger partial charge in [0.1, 0.15) is 5.60 Å². The number of methoxy groups -OCH3 is 2. The van der Waals surface area contributed by atoms with Gasteiger partial charge < -0.3 is 34.6 Å². The number of phenolic OH excluding ortho intramolecular Hbond substituents is 2. The maximum atomic E-state index is 11.2. The van der Waals surface area contributed by atoms with Crippen LogP contribution in [0.3, 0.4) is 0 Å². The molecule has 1 saturated heterocycles. The Kier molecular flexibility index (Phi) is 5.46. The summed E-state index contributed by atoms with van der Waals surface area (Å²) in [7, 11) is 2.91. The molecule has 0 radical (unpaired) electrons. The van der Waals surface area contributed by atoms with E-state index in [4.69, 9.17) is 14.2 Å².